The van der Waals surface area contributed by atoms with Crippen molar-refractivity contribution in [3.05, 3.63) is 89.5 Å². The molecule has 0 aliphatic carbocycles. The normalized spacial score (nSPS) is 18.8. The van der Waals surface area contributed by atoms with Gasteiger partial charge in [0.1, 0.15) is 17.5 Å². The Bertz CT molecular complexity index is 1450. The van der Waals surface area contributed by atoms with Crippen LogP contribution in [0.15, 0.2) is 72.8 Å². The first kappa shape index (κ1) is 26.6. The highest BCUT2D eigenvalue weighted by molar-refractivity contribution is 5.98. The summed E-state index contributed by atoms with van der Waals surface area (Å²) in [5, 5.41) is 2.96. The first-order valence-corrected chi connectivity index (χ1v) is 13.6. The Morgan fingerprint density at radius 1 is 0.902 bits per heavy atom. The molecule has 2 fully saturated rings. The van der Waals surface area contributed by atoms with Gasteiger partial charge in [-0.15, -0.1) is 0 Å². The minimum Gasteiger partial charge on any atom is -0.497 e. The van der Waals surface area contributed by atoms with Gasteiger partial charge in [0.25, 0.3) is 11.8 Å². The van der Waals surface area contributed by atoms with E-state index < -0.39 is 11.8 Å². The summed E-state index contributed by atoms with van der Waals surface area (Å²) >= 11 is 0. The van der Waals surface area contributed by atoms with Crippen molar-refractivity contribution < 1.29 is 33.3 Å². The maximum Gasteiger partial charge on any atom is 0.256 e. The lowest BCUT2D eigenvalue weighted by Gasteiger charge is -2.44. The maximum absolute atomic E-state index is 13.9. The molecule has 3 amide bonds. The molecule has 0 unspecified atom stereocenters. The highest BCUT2D eigenvalue weighted by Gasteiger charge is 2.54. The van der Waals surface area contributed by atoms with Crippen LogP contribution >= 0.6 is 0 Å². The van der Waals surface area contributed by atoms with Crippen LogP contribution in [0, 0.1) is 0 Å². The summed E-state index contributed by atoms with van der Waals surface area (Å²) in [7, 11) is 1.56. The molecule has 3 heterocycles. The Labute approximate surface area is 237 Å². The van der Waals surface area contributed by atoms with E-state index in [2.05, 4.69) is 5.32 Å². The molecule has 3 aromatic rings. The zero-order valence-corrected chi connectivity index (χ0v) is 22.7. The molecule has 1 spiro atoms. The van der Waals surface area contributed by atoms with E-state index >= 15 is 0 Å². The van der Waals surface area contributed by atoms with Gasteiger partial charge in [0.2, 0.25) is 12.7 Å². The highest BCUT2D eigenvalue weighted by Crippen LogP contribution is 2.39. The second-order valence-corrected chi connectivity index (χ2v) is 10.2. The lowest BCUT2D eigenvalue weighted by Crippen LogP contribution is -2.59. The lowest BCUT2D eigenvalue weighted by atomic mass is 9.96. The van der Waals surface area contributed by atoms with Gasteiger partial charge in [-0.2, -0.15) is 0 Å². The van der Waals surface area contributed by atoms with Gasteiger partial charge in [0.05, 0.1) is 13.7 Å². The summed E-state index contributed by atoms with van der Waals surface area (Å²) in [6, 6.07) is 20.6. The number of hydrogen-bond acceptors (Lipinski definition) is 7. The Morgan fingerprint density at radius 3 is 2.44 bits per heavy atom. The predicted octanol–water partition coefficient (Wildman–Crippen LogP) is 3.21. The lowest BCUT2D eigenvalue weighted by molar-refractivity contribution is -0.128. The molecule has 41 heavy (non-hydrogen) atoms. The standard InChI is InChI=1S/C31H31N3O7/c1-38-24-9-5-8-23(17-24)29(36)33-14-12-31(13-15-33)34(30(37)22-6-3-2-4-7-22)25(19-41-31)28(35)32-18-21-10-11-26-27(16-21)40-20-39-26/h2-11,16-17,25H,12-15,18-20H2,1H3,(H,32,35)/t25-/m1/s1. The Kier molecular flexibility index (Phi) is 7.23. The topological polar surface area (TPSA) is 107 Å². The molecule has 212 valence electrons. The van der Waals surface area contributed by atoms with Gasteiger partial charge in [-0.25, -0.2) is 0 Å². The van der Waals surface area contributed by atoms with E-state index in [9.17, 15) is 14.4 Å². The number of rotatable bonds is 6. The average molecular weight is 558 g/mol. The van der Waals surface area contributed by atoms with E-state index in [-0.39, 0.29) is 37.7 Å². The quantitative estimate of drug-likeness (QED) is 0.496. The second-order valence-electron chi connectivity index (χ2n) is 10.2. The largest absolute Gasteiger partial charge is 0.497 e. The van der Waals surface area contributed by atoms with Crippen LogP contribution in [0.3, 0.4) is 0 Å². The van der Waals surface area contributed by atoms with Crippen molar-refractivity contribution in [1.82, 2.24) is 15.1 Å². The molecule has 10 nitrogen and oxygen atoms in total. The number of nitrogens with zero attached hydrogens (tertiary/aromatic N) is 2. The Morgan fingerprint density at radius 2 is 1.66 bits per heavy atom. The average Bonchev–Trinajstić information content (AvgIpc) is 3.64. The number of piperidine rings is 1. The molecule has 0 saturated carbocycles. The van der Waals surface area contributed by atoms with E-state index in [0.717, 1.165) is 5.56 Å². The second kappa shape index (κ2) is 11.1. The van der Waals surface area contributed by atoms with Crippen LogP contribution in [-0.2, 0) is 16.1 Å². The monoisotopic (exact) mass is 557 g/mol. The number of nitrogens with one attached hydrogen (secondary N) is 1. The van der Waals surface area contributed by atoms with Crippen molar-refractivity contribution in [2.75, 3.05) is 33.6 Å². The van der Waals surface area contributed by atoms with Crippen molar-refractivity contribution in [1.29, 1.82) is 0 Å². The molecule has 1 N–H and O–H groups in total. The third kappa shape index (κ3) is 5.18. The molecule has 3 aliphatic heterocycles. The van der Waals surface area contributed by atoms with Crippen LogP contribution in [0.4, 0.5) is 0 Å². The minimum atomic E-state index is -1.00. The van der Waals surface area contributed by atoms with Crippen LogP contribution in [-0.4, -0.2) is 72.9 Å². The van der Waals surface area contributed by atoms with Crippen molar-refractivity contribution in [2.24, 2.45) is 0 Å². The van der Waals surface area contributed by atoms with Gasteiger partial charge in [-0.05, 0) is 48.0 Å². The number of methoxy groups -OCH3 is 1. The molecule has 3 aromatic carbocycles. The first-order chi connectivity index (χ1) is 20.0. The molecular weight excluding hydrogens is 526 g/mol. The fourth-order valence-corrected chi connectivity index (χ4v) is 5.64. The Balaban J connectivity index is 1.19. The molecule has 2 saturated heterocycles. The minimum absolute atomic E-state index is 0.0649. The number of carbonyl (C=O) groups excluding carboxylic acids is 3. The van der Waals surface area contributed by atoms with E-state index in [1.165, 1.54) is 0 Å². The third-order valence-electron chi connectivity index (χ3n) is 7.86. The zero-order valence-electron chi connectivity index (χ0n) is 22.7. The van der Waals surface area contributed by atoms with Gasteiger partial charge < -0.3 is 29.2 Å². The van der Waals surface area contributed by atoms with Gasteiger partial charge in [-0.1, -0.05) is 30.3 Å². The first-order valence-electron chi connectivity index (χ1n) is 13.6. The molecule has 3 aliphatic rings. The zero-order chi connectivity index (χ0) is 28.4. The van der Waals surface area contributed by atoms with Crippen molar-refractivity contribution in [3.8, 4) is 17.2 Å². The van der Waals surface area contributed by atoms with E-state index in [1.807, 2.05) is 24.3 Å². The number of carbonyl (C=O) groups is 3. The van der Waals surface area contributed by atoms with Gasteiger partial charge in [0.15, 0.2) is 11.5 Å². The fraction of sp³-hybridized carbons (Fsp3) is 0.323. The van der Waals surface area contributed by atoms with Crippen LogP contribution in [0.5, 0.6) is 17.2 Å². The summed E-state index contributed by atoms with van der Waals surface area (Å²) in [6.45, 7) is 1.25. The number of benzene rings is 3. The number of fused-ring (bicyclic) bond motifs is 1. The van der Waals surface area contributed by atoms with E-state index in [4.69, 9.17) is 18.9 Å². The van der Waals surface area contributed by atoms with Crippen LogP contribution in [0.25, 0.3) is 0 Å². The SMILES string of the molecule is COc1cccc(C(=O)N2CCC3(CC2)OC[C@H](C(=O)NCc2ccc4c(c2)OCO4)N3C(=O)c2ccccc2)c1. The number of hydrogen-bond donors (Lipinski definition) is 1. The van der Waals surface area contributed by atoms with Crippen LogP contribution < -0.4 is 19.5 Å². The summed E-state index contributed by atoms with van der Waals surface area (Å²) < 4.78 is 22.4. The summed E-state index contributed by atoms with van der Waals surface area (Å²) in [6.07, 6.45) is 0.764. The van der Waals surface area contributed by atoms with Gasteiger partial charge >= 0.3 is 0 Å². The smallest absolute Gasteiger partial charge is 0.256 e. The van der Waals surface area contributed by atoms with E-state index in [0.29, 0.717) is 54.3 Å². The molecular formula is C31H31N3O7. The van der Waals surface area contributed by atoms with Crippen molar-refractivity contribution in [2.45, 2.75) is 31.2 Å². The molecule has 0 aromatic heterocycles. The number of amides is 3. The van der Waals surface area contributed by atoms with Gasteiger partial charge in [-0.3, -0.25) is 19.3 Å². The maximum atomic E-state index is 13.9. The third-order valence-corrected chi connectivity index (χ3v) is 7.86. The van der Waals surface area contributed by atoms with Crippen molar-refractivity contribution >= 4 is 17.7 Å². The molecule has 10 heteroatoms. The van der Waals surface area contributed by atoms with Gasteiger partial charge in [0, 0.05) is 43.6 Å². The van der Waals surface area contributed by atoms with Crippen LogP contribution in [0.2, 0.25) is 0 Å². The molecule has 1 atom stereocenters. The van der Waals surface area contributed by atoms with E-state index in [1.54, 1.807) is 65.4 Å². The fourth-order valence-electron chi connectivity index (χ4n) is 5.64. The number of ether oxygens (including phenoxy) is 4. The molecule has 6 rings (SSSR count). The molecule has 0 radical (unpaired) electrons. The summed E-state index contributed by atoms with van der Waals surface area (Å²) in [4.78, 5) is 44.0. The highest BCUT2D eigenvalue weighted by atomic mass is 16.7. The summed E-state index contributed by atoms with van der Waals surface area (Å²) in [5.41, 5.74) is 0.853. The molecule has 0 bridgehead atoms. The Hall–Kier alpha value is -4.57. The summed E-state index contributed by atoms with van der Waals surface area (Å²) in [5.74, 6) is 1.21. The predicted molar refractivity (Wildman–Crippen MR) is 148 cm³/mol. The number of likely N-dealkylation sites (tertiary alicyclic amines) is 1. The van der Waals surface area contributed by atoms with Crippen molar-refractivity contribution in [3.63, 3.8) is 0 Å². The van der Waals surface area contributed by atoms with Crippen LogP contribution in [0.1, 0.15) is 39.1 Å².